The molecule has 0 saturated carbocycles. The van der Waals surface area contributed by atoms with Gasteiger partial charge in [0.05, 0.1) is 11.0 Å². The second-order valence-electron chi connectivity index (χ2n) is 8.62. The van der Waals surface area contributed by atoms with Crippen molar-refractivity contribution < 1.29 is 0 Å². The normalized spacial score (nSPS) is 15.8. The van der Waals surface area contributed by atoms with Gasteiger partial charge in [0.2, 0.25) is 0 Å². The van der Waals surface area contributed by atoms with Crippen molar-refractivity contribution >= 4 is 27.5 Å². The zero-order valence-corrected chi connectivity index (χ0v) is 17.8. The van der Waals surface area contributed by atoms with Gasteiger partial charge in [-0.3, -0.25) is 0 Å². The molecule has 1 aromatic heterocycles. The molecule has 3 aromatic carbocycles. The molecule has 4 aromatic rings. The van der Waals surface area contributed by atoms with Crippen LogP contribution in [0.5, 0.6) is 0 Å². The standard InChI is InChI=1S/C26H27N3/c1-18-11-12-23-21(15-18)22-17-24(28-14-13-27(5)26(28,3)4)19(2)16-25(22)29(23)20-9-7-6-8-10-20/h6-17H,1-5H3. The van der Waals surface area contributed by atoms with E-state index < -0.39 is 0 Å². The molecule has 0 unspecified atom stereocenters. The first-order chi connectivity index (χ1) is 13.9. The molecule has 146 valence electrons. The molecule has 29 heavy (non-hydrogen) atoms. The summed E-state index contributed by atoms with van der Waals surface area (Å²) >= 11 is 0. The van der Waals surface area contributed by atoms with E-state index in [1.54, 1.807) is 0 Å². The molecule has 0 saturated heterocycles. The molecule has 1 aliphatic heterocycles. The molecule has 0 amide bonds. The van der Waals surface area contributed by atoms with Crippen molar-refractivity contribution in [1.82, 2.24) is 9.47 Å². The molecular weight excluding hydrogens is 354 g/mol. The molecule has 5 rings (SSSR count). The Balaban J connectivity index is 1.84. The maximum Gasteiger partial charge on any atom is 0.110 e. The van der Waals surface area contributed by atoms with Crippen LogP contribution in [0.4, 0.5) is 5.69 Å². The van der Waals surface area contributed by atoms with Gasteiger partial charge >= 0.3 is 0 Å². The lowest BCUT2D eigenvalue weighted by Crippen LogP contribution is -2.46. The highest BCUT2D eigenvalue weighted by atomic mass is 15.4. The molecule has 0 N–H and O–H groups in total. The predicted octanol–water partition coefficient (Wildman–Crippen LogP) is 6.36. The van der Waals surface area contributed by atoms with E-state index in [1.807, 2.05) is 0 Å². The molecule has 2 heterocycles. The average molecular weight is 382 g/mol. The Morgan fingerprint density at radius 2 is 1.48 bits per heavy atom. The van der Waals surface area contributed by atoms with Crippen LogP contribution in [0.25, 0.3) is 27.5 Å². The highest BCUT2D eigenvalue weighted by Crippen LogP contribution is 2.40. The molecule has 0 bridgehead atoms. The van der Waals surface area contributed by atoms with Gasteiger partial charge in [-0.15, -0.1) is 0 Å². The monoisotopic (exact) mass is 381 g/mol. The van der Waals surface area contributed by atoms with Gasteiger partial charge in [-0.05, 0) is 69.7 Å². The van der Waals surface area contributed by atoms with Crippen LogP contribution >= 0.6 is 0 Å². The smallest absolute Gasteiger partial charge is 0.110 e. The van der Waals surface area contributed by atoms with Crippen molar-refractivity contribution in [2.24, 2.45) is 0 Å². The number of para-hydroxylation sites is 1. The summed E-state index contributed by atoms with van der Waals surface area (Å²) in [5.74, 6) is 0. The van der Waals surface area contributed by atoms with Crippen LogP contribution in [0.2, 0.25) is 0 Å². The van der Waals surface area contributed by atoms with Crippen LogP contribution in [0, 0.1) is 13.8 Å². The molecule has 0 aliphatic carbocycles. The van der Waals surface area contributed by atoms with Crippen LogP contribution in [-0.2, 0) is 0 Å². The van der Waals surface area contributed by atoms with Crippen molar-refractivity contribution in [1.29, 1.82) is 0 Å². The van der Waals surface area contributed by atoms with Crippen LogP contribution < -0.4 is 4.90 Å². The fraction of sp³-hybridized carbons (Fsp3) is 0.231. The Morgan fingerprint density at radius 3 is 2.17 bits per heavy atom. The van der Waals surface area contributed by atoms with E-state index >= 15 is 0 Å². The van der Waals surface area contributed by atoms with E-state index in [2.05, 4.69) is 122 Å². The number of fused-ring (bicyclic) bond motifs is 3. The lowest BCUT2D eigenvalue weighted by Gasteiger charge is -2.39. The minimum atomic E-state index is -0.0911. The van der Waals surface area contributed by atoms with E-state index in [-0.39, 0.29) is 5.66 Å². The summed E-state index contributed by atoms with van der Waals surface area (Å²) in [6.07, 6.45) is 4.34. The highest BCUT2D eigenvalue weighted by molar-refractivity contribution is 6.11. The SMILES string of the molecule is Cc1ccc2c(c1)c1cc(N3C=CN(C)C3(C)C)c(C)cc1n2-c1ccccc1. The van der Waals surface area contributed by atoms with Crippen molar-refractivity contribution in [2.75, 3.05) is 11.9 Å². The van der Waals surface area contributed by atoms with Crippen LogP contribution in [0.1, 0.15) is 25.0 Å². The van der Waals surface area contributed by atoms with Crippen molar-refractivity contribution in [3.05, 3.63) is 84.2 Å². The van der Waals surface area contributed by atoms with E-state index in [1.165, 1.54) is 44.3 Å². The number of rotatable bonds is 2. The number of aromatic nitrogens is 1. The summed E-state index contributed by atoms with van der Waals surface area (Å²) in [5.41, 5.74) is 7.44. The first kappa shape index (κ1) is 17.9. The lowest BCUT2D eigenvalue weighted by molar-refractivity contribution is 0.253. The molecule has 1 aliphatic rings. The van der Waals surface area contributed by atoms with Gasteiger partial charge in [-0.25, -0.2) is 0 Å². The summed E-state index contributed by atoms with van der Waals surface area (Å²) in [7, 11) is 2.13. The fourth-order valence-electron chi connectivity index (χ4n) is 4.46. The Bertz CT molecular complexity index is 1260. The molecule has 3 heteroatoms. The molecule has 0 spiro atoms. The van der Waals surface area contributed by atoms with E-state index in [9.17, 15) is 0 Å². The number of nitrogens with zero attached hydrogens (tertiary/aromatic N) is 3. The van der Waals surface area contributed by atoms with Gasteiger partial charge in [-0.2, -0.15) is 0 Å². The van der Waals surface area contributed by atoms with Crippen LogP contribution in [0.3, 0.4) is 0 Å². The van der Waals surface area contributed by atoms with E-state index in [0.717, 1.165) is 0 Å². The molecule has 0 atom stereocenters. The molecular formula is C26H27N3. The van der Waals surface area contributed by atoms with Crippen molar-refractivity contribution in [3.63, 3.8) is 0 Å². The zero-order chi connectivity index (χ0) is 20.3. The third-order valence-electron chi connectivity index (χ3n) is 6.40. The second kappa shape index (κ2) is 6.15. The quantitative estimate of drug-likeness (QED) is 0.400. The molecule has 0 radical (unpaired) electrons. The van der Waals surface area contributed by atoms with Gasteiger partial charge in [0.15, 0.2) is 0 Å². The number of aryl methyl sites for hydroxylation is 2. The van der Waals surface area contributed by atoms with Gasteiger partial charge in [0.1, 0.15) is 5.66 Å². The first-order valence-corrected chi connectivity index (χ1v) is 10.2. The van der Waals surface area contributed by atoms with E-state index in [0.29, 0.717) is 0 Å². The minimum Gasteiger partial charge on any atom is -0.357 e. The Kier molecular flexibility index (Phi) is 3.79. The lowest BCUT2D eigenvalue weighted by atomic mass is 10.0. The third kappa shape index (κ3) is 2.57. The number of hydrogen-bond donors (Lipinski definition) is 0. The Hall–Kier alpha value is -3.20. The Morgan fingerprint density at radius 1 is 0.759 bits per heavy atom. The zero-order valence-electron chi connectivity index (χ0n) is 17.8. The number of anilines is 1. The van der Waals surface area contributed by atoms with Gasteiger partial charge < -0.3 is 14.4 Å². The topological polar surface area (TPSA) is 11.4 Å². The number of hydrogen-bond acceptors (Lipinski definition) is 2. The maximum atomic E-state index is 2.39. The van der Waals surface area contributed by atoms with Gasteiger partial charge in [0.25, 0.3) is 0 Å². The summed E-state index contributed by atoms with van der Waals surface area (Å²) in [4.78, 5) is 4.64. The van der Waals surface area contributed by atoms with Gasteiger partial charge in [0, 0.05) is 41.6 Å². The maximum absolute atomic E-state index is 2.39. The predicted molar refractivity (Wildman–Crippen MR) is 124 cm³/mol. The van der Waals surface area contributed by atoms with Gasteiger partial charge in [-0.1, -0.05) is 29.8 Å². The number of benzene rings is 3. The Labute approximate surface area is 172 Å². The van der Waals surface area contributed by atoms with Crippen LogP contribution in [0.15, 0.2) is 73.1 Å². The first-order valence-electron chi connectivity index (χ1n) is 10.2. The minimum absolute atomic E-state index is 0.0911. The highest BCUT2D eigenvalue weighted by Gasteiger charge is 2.34. The summed E-state index contributed by atoms with van der Waals surface area (Å²) in [6.45, 7) is 8.90. The van der Waals surface area contributed by atoms with Crippen molar-refractivity contribution in [3.8, 4) is 5.69 Å². The largest absolute Gasteiger partial charge is 0.357 e. The average Bonchev–Trinajstić information content (AvgIpc) is 3.14. The summed E-state index contributed by atoms with van der Waals surface area (Å²) in [5, 5.41) is 2.60. The van der Waals surface area contributed by atoms with Crippen LogP contribution in [-0.4, -0.2) is 22.2 Å². The fourth-order valence-corrected chi connectivity index (χ4v) is 4.46. The summed E-state index contributed by atoms with van der Waals surface area (Å²) in [6, 6.07) is 22.1. The van der Waals surface area contributed by atoms with Crippen molar-refractivity contribution in [2.45, 2.75) is 33.4 Å². The third-order valence-corrected chi connectivity index (χ3v) is 6.40. The molecule has 3 nitrogen and oxygen atoms in total. The molecule has 0 fully saturated rings. The van der Waals surface area contributed by atoms with E-state index in [4.69, 9.17) is 0 Å². The second-order valence-corrected chi connectivity index (χ2v) is 8.62. The summed E-state index contributed by atoms with van der Waals surface area (Å²) < 4.78 is 2.39.